The predicted octanol–water partition coefficient (Wildman–Crippen LogP) is 18.0. The second-order valence-corrected chi connectivity index (χ2v) is 25.5. The van der Waals surface area contributed by atoms with E-state index in [9.17, 15) is 0 Å². The molecule has 6 heteroatoms. The largest absolute Gasteiger partial charge is 0.456 e. The summed E-state index contributed by atoms with van der Waals surface area (Å²) in [4.78, 5) is 5.21. The third-order valence-corrected chi connectivity index (χ3v) is 18.0. The van der Waals surface area contributed by atoms with Gasteiger partial charge in [0.1, 0.15) is 16.7 Å². The summed E-state index contributed by atoms with van der Waals surface area (Å²) < 4.78 is 17.0. The highest BCUT2D eigenvalue weighted by molar-refractivity contribution is 7.32. The monoisotopic (exact) mass is 954 g/mol. The van der Waals surface area contributed by atoms with E-state index >= 15 is 0 Å². The molecule has 0 fully saturated rings. The van der Waals surface area contributed by atoms with Crippen LogP contribution in [0.4, 0.5) is 28.4 Å². The lowest BCUT2D eigenvalue weighted by Gasteiger charge is -2.44. The van der Waals surface area contributed by atoms with Crippen LogP contribution in [0.3, 0.4) is 0 Å². The van der Waals surface area contributed by atoms with Gasteiger partial charge in [-0.25, -0.2) is 0 Å². The summed E-state index contributed by atoms with van der Waals surface area (Å²) in [6.45, 7) is 23.2. The summed E-state index contributed by atoms with van der Waals surface area (Å²) in [6.07, 6.45) is 2.31. The molecule has 0 unspecified atom stereocenters. The Labute approximate surface area is 427 Å². The van der Waals surface area contributed by atoms with E-state index < -0.39 is 0 Å². The van der Waals surface area contributed by atoms with Gasteiger partial charge >= 0.3 is 6.85 Å². The van der Waals surface area contributed by atoms with Crippen LogP contribution in [0.1, 0.15) is 104 Å². The molecule has 0 saturated carbocycles. The number of rotatable bonds is 3. The van der Waals surface area contributed by atoms with Gasteiger partial charge in [0.05, 0.1) is 11.4 Å². The number of benzene rings is 8. The standard InChI is InChI=1S/C66H59BN2O2S/c1-63(2,3)40-21-25-42(26-22-40)68-59-50-32-39(38-16-12-11-13-17-38)20-29-57(50)72-62(59)67-58-48(34-49-44-18-14-15-19-54(44)71-61(49)60(58)68)45-33-46-47-35-51-52(66(9,10)31-30-65(51,7)8)36-55(47)70-56(46)37-53(45)69(67)43-27-23-41(24-28-43)64(4,5)6/h11-29,32-37H,30-31H2,1-10H3. The first-order valence-electron chi connectivity index (χ1n) is 25.9. The van der Waals surface area contributed by atoms with E-state index in [1.165, 1.54) is 75.9 Å². The fraction of sp³-hybridized carbons (Fsp3) is 0.242. The molecule has 0 spiro atoms. The van der Waals surface area contributed by atoms with Crippen LogP contribution in [-0.4, -0.2) is 6.85 Å². The zero-order valence-corrected chi connectivity index (χ0v) is 43.9. The van der Waals surface area contributed by atoms with Crippen molar-refractivity contribution in [2.75, 3.05) is 9.71 Å². The van der Waals surface area contributed by atoms with E-state index in [0.717, 1.165) is 74.1 Å². The van der Waals surface area contributed by atoms with Gasteiger partial charge in [-0.05, 0) is 146 Å². The Morgan fingerprint density at radius 2 is 1.11 bits per heavy atom. The third-order valence-electron chi connectivity index (χ3n) is 16.8. The van der Waals surface area contributed by atoms with Crippen molar-refractivity contribution in [1.29, 1.82) is 0 Å². The van der Waals surface area contributed by atoms with Crippen LogP contribution < -0.4 is 20.0 Å². The van der Waals surface area contributed by atoms with Crippen molar-refractivity contribution in [2.24, 2.45) is 0 Å². The minimum Gasteiger partial charge on any atom is -0.456 e. The maximum absolute atomic E-state index is 7.26. The van der Waals surface area contributed by atoms with Crippen molar-refractivity contribution in [1.82, 2.24) is 0 Å². The van der Waals surface area contributed by atoms with Crippen LogP contribution in [0.15, 0.2) is 160 Å². The highest BCUT2D eigenvalue weighted by Crippen LogP contribution is 2.55. The molecule has 3 aromatic heterocycles. The zero-order chi connectivity index (χ0) is 49.4. The lowest BCUT2D eigenvalue weighted by molar-refractivity contribution is 0.332. The highest BCUT2D eigenvalue weighted by atomic mass is 32.1. The number of para-hydroxylation sites is 1. The molecular weight excluding hydrogens is 896 g/mol. The number of anilines is 5. The molecule has 0 atom stereocenters. The molecule has 4 nitrogen and oxygen atoms in total. The van der Waals surface area contributed by atoms with Crippen molar-refractivity contribution < 1.29 is 8.83 Å². The summed E-state index contributed by atoms with van der Waals surface area (Å²) in [5.74, 6) is 0. The average molecular weight is 955 g/mol. The average Bonchev–Trinajstić information content (AvgIpc) is 4.05. The van der Waals surface area contributed by atoms with Gasteiger partial charge in [0.25, 0.3) is 0 Å². The van der Waals surface area contributed by atoms with E-state index in [2.05, 4.69) is 231 Å². The Morgan fingerprint density at radius 1 is 0.500 bits per heavy atom. The smallest absolute Gasteiger partial charge is 0.343 e. The van der Waals surface area contributed by atoms with Crippen molar-refractivity contribution in [3.05, 3.63) is 174 Å². The van der Waals surface area contributed by atoms with Crippen molar-refractivity contribution >= 4 is 111 Å². The summed E-state index contributed by atoms with van der Waals surface area (Å²) in [5, 5.41) is 5.80. The Balaban J connectivity index is 1.14. The topological polar surface area (TPSA) is 32.8 Å². The molecular formula is C66H59BN2O2S. The molecule has 1 aliphatic carbocycles. The molecule has 354 valence electrons. The summed E-state index contributed by atoms with van der Waals surface area (Å²) in [7, 11) is 0. The van der Waals surface area contributed by atoms with E-state index in [4.69, 9.17) is 8.83 Å². The second-order valence-electron chi connectivity index (χ2n) is 24.4. The van der Waals surface area contributed by atoms with Gasteiger partial charge in [-0.15, -0.1) is 11.3 Å². The van der Waals surface area contributed by atoms with Crippen LogP contribution in [0.2, 0.25) is 0 Å². The quantitative estimate of drug-likeness (QED) is 0.165. The minimum atomic E-state index is -0.200. The van der Waals surface area contributed by atoms with E-state index in [1.54, 1.807) is 0 Å². The number of nitrogens with zero attached hydrogens (tertiary/aromatic N) is 2. The summed E-state index contributed by atoms with van der Waals surface area (Å²) in [6, 6.07) is 57.4. The number of hydrogen-bond donors (Lipinski definition) is 0. The molecule has 0 radical (unpaired) electrons. The van der Waals surface area contributed by atoms with E-state index in [1.807, 2.05) is 11.3 Å². The predicted molar refractivity (Wildman–Crippen MR) is 308 cm³/mol. The molecule has 2 aliphatic heterocycles. The van der Waals surface area contributed by atoms with Gasteiger partial charge < -0.3 is 18.5 Å². The maximum Gasteiger partial charge on any atom is 0.343 e. The van der Waals surface area contributed by atoms with Crippen LogP contribution in [0, 0.1) is 0 Å². The van der Waals surface area contributed by atoms with Crippen LogP contribution in [0.5, 0.6) is 0 Å². The van der Waals surface area contributed by atoms with Crippen molar-refractivity contribution in [2.45, 2.75) is 104 Å². The molecule has 11 aromatic rings. The van der Waals surface area contributed by atoms with Gasteiger partial charge in [-0.1, -0.05) is 148 Å². The van der Waals surface area contributed by atoms with Gasteiger partial charge in [-0.3, -0.25) is 0 Å². The Hall–Kier alpha value is -7.02. The zero-order valence-electron chi connectivity index (χ0n) is 43.0. The number of thiophene rings is 1. The highest BCUT2D eigenvalue weighted by Gasteiger charge is 2.49. The van der Waals surface area contributed by atoms with Crippen molar-refractivity contribution in [3.63, 3.8) is 0 Å². The van der Waals surface area contributed by atoms with Crippen LogP contribution in [0.25, 0.3) is 76.2 Å². The summed E-state index contributed by atoms with van der Waals surface area (Å²) in [5.41, 5.74) is 21.0. The molecule has 5 heterocycles. The van der Waals surface area contributed by atoms with Gasteiger partial charge in [0, 0.05) is 65.1 Å². The summed E-state index contributed by atoms with van der Waals surface area (Å²) >= 11 is 1.92. The van der Waals surface area contributed by atoms with Gasteiger partial charge in [0.2, 0.25) is 0 Å². The number of furan rings is 2. The van der Waals surface area contributed by atoms with Crippen LogP contribution >= 0.6 is 11.3 Å². The first kappa shape index (κ1) is 43.7. The second kappa shape index (κ2) is 14.8. The maximum atomic E-state index is 7.26. The molecule has 0 saturated heterocycles. The Kier molecular flexibility index (Phi) is 8.99. The van der Waals surface area contributed by atoms with Gasteiger partial charge in [0.15, 0.2) is 5.58 Å². The normalized spacial score (nSPS) is 15.9. The molecule has 0 bridgehead atoms. The molecule has 14 rings (SSSR count). The SMILES string of the molecule is CC(C)(C)c1ccc(N2B3c4sc5ccc(-c6ccccc6)cc5c4N(c4ccc(C(C)(C)C)cc4)c4c3c(cc3c4oc4ccccc43)-c3cc4c(cc32)oc2cc3c(cc24)C(C)(C)CCC3(C)C)cc1. The fourth-order valence-electron chi connectivity index (χ4n) is 12.6. The fourth-order valence-corrected chi connectivity index (χ4v) is 13.9. The first-order valence-corrected chi connectivity index (χ1v) is 26.7. The first-order chi connectivity index (χ1) is 34.4. The minimum absolute atomic E-state index is 0.00325. The van der Waals surface area contributed by atoms with Crippen molar-refractivity contribution in [3.8, 4) is 22.3 Å². The number of fused-ring (bicyclic) bond motifs is 14. The molecule has 0 N–H and O–H groups in total. The van der Waals surface area contributed by atoms with E-state index in [0.29, 0.717) is 0 Å². The molecule has 0 amide bonds. The molecule has 72 heavy (non-hydrogen) atoms. The Bertz CT molecular complexity index is 4060. The molecule has 3 aliphatic rings. The molecule has 8 aromatic carbocycles. The number of hydrogen-bond acceptors (Lipinski definition) is 5. The lowest BCUT2D eigenvalue weighted by Crippen LogP contribution is -2.60. The van der Waals surface area contributed by atoms with E-state index in [-0.39, 0.29) is 28.5 Å². The lowest BCUT2D eigenvalue weighted by atomic mass is 9.46. The third kappa shape index (κ3) is 6.30. The van der Waals surface area contributed by atoms with Gasteiger partial charge in [-0.2, -0.15) is 0 Å². The Morgan fingerprint density at radius 3 is 1.81 bits per heavy atom. The van der Waals surface area contributed by atoms with Crippen LogP contribution in [-0.2, 0) is 21.7 Å².